The molecule has 31 heavy (non-hydrogen) atoms. The van der Waals surface area contributed by atoms with Gasteiger partial charge in [-0.1, -0.05) is 24.3 Å². The summed E-state index contributed by atoms with van der Waals surface area (Å²) in [5.74, 6) is 0.320. The molecule has 2 aromatic carbocycles. The summed E-state index contributed by atoms with van der Waals surface area (Å²) in [6, 6.07) is 13.1. The van der Waals surface area contributed by atoms with Crippen molar-refractivity contribution in [1.29, 1.82) is 0 Å². The summed E-state index contributed by atoms with van der Waals surface area (Å²) in [6.45, 7) is 5.14. The van der Waals surface area contributed by atoms with Crippen LogP contribution in [0.1, 0.15) is 36.4 Å². The number of nitrogens with one attached hydrogen (secondary N) is 1. The van der Waals surface area contributed by atoms with E-state index in [2.05, 4.69) is 5.32 Å². The molecule has 1 N–H and O–H groups in total. The minimum atomic E-state index is -0.617. The number of hydrogen-bond acceptors (Lipinski definition) is 4. The highest BCUT2D eigenvalue weighted by Crippen LogP contribution is 2.37. The van der Waals surface area contributed by atoms with Crippen LogP contribution in [0.4, 0.5) is 11.6 Å². The number of rotatable bonds is 5. The van der Waals surface area contributed by atoms with Crippen molar-refractivity contribution in [2.45, 2.75) is 45.3 Å². The summed E-state index contributed by atoms with van der Waals surface area (Å²) in [6.07, 6.45) is 2.01. The zero-order valence-electron chi connectivity index (χ0n) is 17.8. The molecule has 0 unspecified atom stereocenters. The van der Waals surface area contributed by atoms with E-state index in [0.717, 1.165) is 47.3 Å². The Labute approximate surface area is 181 Å². The first-order chi connectivity index (χ1) is 15.0. The minimum Gasteiger partial charge on any atom is -0.376 e. The van der Waals surface area contributed by atoms with Gasteiger partial charge in [-0.3, -0.25) is 19.1 Å². The molecule has 1 fully saturated rings. The molecule has 1 saturated heterocycles. The highest BCUT2D eigenvalue weighted by atomic mass is 16.5. The Kier molecular flexibility index (Phi) is 4.98. The van der Waals surface area contributed by atoms with Crippen LogP contribution in [0.5, 0.6) is 0 Å². The Morgan fingerprint density at radius 2 is 2.06 bits per heavy atom. The van der Waals surface area contributed by atoms with Crippen LogP contribution >= 0.6 is 0 Å². The molecule has 3 heterocycles. The first-order valence-electron chi connectivity index (χ1n) is 10.8. The Morgan fingerprint density at radius 3 is 2.87 bits per heavy atom. The topological polar surface area (TPSA) is 76.5 Å². The third-order valence-electron chi connectivity index (χ3n) is 6.14. The van der Waals surface area contributed by atoms with Crippen LogP contribution in [-0.4, -0.2) is 40.6 Å². The molecule has 1 aromatic heterocycles. The number of benzene rings is 2. The van der Waals surface area contributed by atoms with Gasteiger partial charge in [0.15, 0.2) is 0 Å². The maximum Gasteiger partial charge on any atom is 0.253 e. The van der Waals surface area contributed by atoms with Crippen LogP contribution in [0.15, 0.2) is 42.5 Å². The van der Waals surface area contributed by atoms with Gasteiger partial charge < -0.3 is 10.1 Å². The van der Waals surface area contributed by atoms with Gasteiger partial charge in [0.1, 0.15) is 6.04 Å². The fourth-order valence-electron chi connectivity index (χ4n) is 4.51. The molecule has 2 aliphatic rings. The van der Waals surface area contributed by atoms with E-state index >= 15 is 0 Å². The van der Waals surface area contributed by atoms with Crippen LogP contribution < -0.4 is 10.2 Å². The van der Waals surface area contributed by atoms with Gasteiger partial charge in [0, 0.05) is 12.3 Å². The zero-order valence-corrected chi connectivity index (χ0v) is 17.8. The second kappa shape index (κ2) is 7.81. The van der Waals surface area contributed by atoms with Crippen molar-refractivity contribution in [2.75, 3.05) is 23.4 Å². The summed E-state index contributed by atoms with van der Waals surface area (Å²) in [5.41, 5.74) is 4.53. The summed E-state index contributed by atoms with van der Waals surface area (Å²) in [5, 5.41) is 2.99. The van der Waals surface area contributed by atoms with Crippen LogP contribution in [-0.2, 0) is 14.3 Å². The van der Waals surface area contributed by atoms with Gasteiger partial charge in [-0.2, -0.15) is 0 Å². The third-order valence-corrected chi connectivity index (χ3v) is 6.14. The van der Waals surface area contributed by atoms with Crippen molar-refractivity contribution >= 4 is 34.5 Å². The molecule has 3 aromatic rings. The first kappa shape index (κ1) is 19.8. The number of ether oxygens (including phenoxy) is 1. The monoisotopic (exact) mass is 418 g/mol. The van der Waals surface area contributed by atoms with Crippen LogP contribution in [0.25, 0.3) is 11.0 Å². The second-order valence-corrected chi connectivity index (χ2v) is 8.44. The molecule has 0 spiro atoms. The molecule has 160 valence electrons. The lowest BCUT2D eigenvalue weighted by atomic mass is 10.1. The molecule has 0 saturated carbocycles. The van der Waals surface area contributed by atoms with Gasteiger partial charge in [-0.25, -0.2) is 4.98 Å². The molecule has 7 nitrogen and oxygen atoms in total. The van der Waals surface area contributed by atoms with Crippen LogP contribution in [0.3, 0.4) is 0 Å². The molecule has 5 rings (SSSR count). The molecule has 2 aliphatic heterocycles. The average Bonchev–Trinajstić information content (AvgIpc) is 3.44. The number of carbonyl (C=O) groups excluding carboxylic acids is 2. The normalized spacial score (nSPS) is 20.5. The number of carbonyl (C=O) groups is 2. The van der Waals surface area contributed by atoms with Gasteiger partial charge in [-0.15, -0.1) is 0 Å². The van der Waals surface area contributed by atoms with E-state index in [9.17, 15) is 9.59 Å². The van der Waals surface area contributed by atoms with E-state index in [1.54, 1.807) is 4.90 Å². The number of aromatic nitrogens is 2. The number of amides is 2. The van der Waals surface area contributed by atoms with E-state index < -0.39 is 6.04 Å². The minimum absolute atomic E-state index is 0.0136. The predicted molar refractivity (Wildman–Crippen MR) is 119 cm³/mol. The highest BCUT2D eigenvalue weighted by molar-refractivity contribution is 6.05. The Hall–Kier alpha value is -3.19. The van der Waals surface area contributed by atoms with Crippen molar-refractivity contribution in [3.8, 4) is 0 Å². The number of imidazole rings is 1. The second-order valence-electron chi connectivity index (χ2n) is 8.44. The largest absolute Gasteiger partial charge is 0.376 e. The van der Waals surface area contributed by atoms with Gasteiger partial charge in [0.25, 0.3) is 5.91 Å². The van der Waals surface area contributed by atoms with Crippen molar-refractivity contribution in [3.05, 3.63) is 53.6 Å². The quantitative estimate of drug-likeness (QED) is 0.685. The molecule has 2 amide bonds. The molecule has 0 radical (unpaired) electrons. The molecule has 0 bridgehead atoms. The summed E-state index contributed by atoms with van der Waals surface area (Å²) in [7, 11) is 0. The zero-order chi connectivity index (χ0) is 21.5. The molecular weight excluding hydrogens is 392 g/mol. The summed E-state index contributed by atoms with van der Waals surface area (Å²) < 4.78 is 7.67. The fraction of sp³-hybridized carbons (Fsp3) is 0.375. The fourth-order valence-corrected chi connectivity index (χ4v) is 4.51. The predicted octanol–water partition coefficient (Wildman–Crippen LogP) is 3.75. The summed E-state index contributed by atoms with van der Waals surface area (Å²) >= 11 is 0. The van der Waals surface area contributed by atoms with Gasteiger partial charge in [-0.05, 0) is 56.0 Å². The molecular formula is C24H26N4O3. The van der Waals surface area contributed by atoms with E-state index in [1.807, 2.05) is 60.9 Å². The van der Waals surface area contributed by atoms with Gasteiger partial charge >= 0.3 is 0 Å². The van der Waals surface area contributed by atoms with Gasteiger partial charge in [0.2, 0.25) is 11.9 Å². The maximum absolute atomic E-state index is 13.4. The van der Waals surface area contributed by atoms with Crippen LogP contribution in [0.2, 0.25) is 0 Å². The smallest absolute Gasteiger partial charge is 0.253 e. The van der Waals surface area contributed by atoms with Crippen LogP contribution in [0, 0.1) is 13.8 Å². The van der Waals surface area contributed by atoms with Crippen molar-refractivity contribution < 1.29 is 14.3 Å². The lowest BCUT2D eigenvalue weighted by Gasteiger charge is -2.19. The molecule has 2 atom stereocenters. The summed E-state index contributed by atoms with van der Waals surface area (Å²) in [4.78, 5) is 32.8. The Morgan fingerprint density at radius 1 is 1.23 bits per heavy atom. The number of aryl methyl sites for hydroxylation is 2. The van der Waals surface area contributed by atoms with E-state index in [-0.39, 0.29) is 24.3 Å². The van der Waals surface area contributed by atoms with E-state index in [4.69, 9.17) is 9.72 Å². The molecule has 0 aliphatic carbocycles. The lowest BCUT2D eigenvalue weighted by Crippen LogP contribution is -2.37. The van der Waals surface area contributed by atoms with E-state index in [1.165, 1.54) is 0 Å². The number of anilines is 2. The Balaban J connectivity index is 1.44. The van der Waals surface area contributed by atoms with E-state index in [0.29, 0.717) is 12.5 Å². The number of fused-ring (bicyclic) bond motifs is 3. The SMILES string of the molecule is Cc1ccc(C)c(NC(=O)C[C@H]2C(=O)N(C[C@H]3CCCO3)c3nc4ccccc4n32)c1. The standard InChI is InChI=1S/C24H26N4O3/c1-15-9-10-16(2)19(12-15)25-22(29)13-21-23(30)27(14-17-6-5-11-31-17)24-26-18-7-3-4-8-20(18)28(21)24/h3-4,7-10,12,17,21H,5-6,11,13-14H2,1-2H3,(H,25,29)/t17-,21+/m1/s1. The molecule has 7 heteroatoms. The lowest BCUT2D eigenvalue weighted by molar-refractivity contribution is -0.124. The number of para-hydroxylation sites is 2. The first-order valence-corrected chi connectivity index (χ1v) is 10.8. The van der Waals surface area contributed by atoms with Gasteiger partial charge in [0.05, 0.1) is 30.1 Å². The Bertz CT molecular complexity index is 1160. The number of nitrogens with zero attached hydrogens (tertiary/aromatic N) is 3. The van der Waals surface area contributed by atoms with Crippen molar-refractivity contribution in [2.24, 2.45) is 0 Å². The van der Waals surface area contributed by atoms with Crippen molar-refractivity contribution in [3.63, 3.8) is 0 Å². The maximum atomic E-state index is 13.4. The highest BCUT2D eigenvalue weighted by Gasteiger charge is 2.42. The average molecular weight is 418 g/mol. The number of hydrogen-bond donors (Lipinski definition) is 1. The third kappa shape index (κ3) is 3.59. The van der Waals surface area contributed by atoms with Crippen molar-refractivity contribution in [1.82, 2.24) is 9.55 Å².